The third-order valence-electron chi connectivity index (χ3n) is 16.6. The van der Waals surface area contributed by atoms with Crippen molar-refractivity contribution in [2.75, 3.05) is 34.5 Å². The number of hydrogen-bond donors (Lipinski definition) is 5. The summed E-state index contributed by atoms with van der Waals surface area (Å²) < 4.78 is 86.3. The van der Waals surface area contributed by atoms with Gasteiger partial charge in [0.2, 0.25) is 5.79 Å². The summed E-state index contributed by atoms with van der Waals surface area (Å²) in [6.07, 6.45) is -7.99. The van der Waals surface area contributed by atoms with Crippen LogP contribution >= 0.6 is 0 Å². The fraction of sp³-hybridized carbons (Fsp3) is 0.896. The molecule has 0 bridgehead atoms. The molecule has 6 saturated heterocycles. The SMILES string of the molecule is CO[C@@H]1C[C@@H](O[C@@H]2CC3=CC[C@@H]4C(=O)O[C@@H]5CO[C@]6(C)OC=C(CC[C@@H]4[C@@]3(C)C[C@H]2O)[C@H]56)O[C@@H](C)[C@@H]1O[C@@H]1C[C@@H](OC)[C@@H](O[C@H]2C[C@@H](OC)[C@@H](O[C@@H]3O[C@H](CO)[C@@H](O)[C@H](O)[C@H]3O)[C@H](C)O2)[C@H](C)O1. The zero-order valence-electron chi connectivity index (χ0n) is 40.4. The molecule has 25 atom stereocenters. The van der Waals surface area contributed by atoms with E-state index in [0.717, 1.165) is 18.4 Å². The lowest BCUT2D eigenvalue weighted by Crippen LogP contribution is -2.62. The number of allylic oxidation sites excluding steroid dienone is 1. The second-order valence-corrected chi connectivity index (χ2v) is 20.7. The average molecular weight is 971 g/mol. The fourth-order valence-corrected chi connectivity index (χ4v) is 12.8. The summed E-state index contributed by atoms with van der Waals surface area (Å²) in [4.78, 5) is 13.8. The number of hydrogen-bond acceptors (Lipinski definition) is 20. The lowest BCUT2D eigenvalue weighted by molar-refractivity contribution is -0.357. The van der Waals surface area contributed by atoms with Crippen molar-refractivity contribution in [2.24, 2.45) is 23.2 Å². The molecular formula is C48H74O20. The fourth-order valence-electron chi connectivity index (χ4n) is 12.8. The van der Waals surface area contributed by atoms with E-state index in [4.69, 9.17) is 66.3 Å². The molecule has 2 aliphatic carbocycles. The van der Waals surface area contributed by atoms with E-state index in [-0.39, 0.29) is 36.2 Å². The maximum absolute atomic E-state index is 13.8. The normalized spacial score (nSPS) is 51.7. The van der Waals surface area contributed by atoms with E-state index in [1.807, 2.05) is 20.8 Å². The van der Waals surface area contributed by atoms with E-state index in [1.165, 1.54) is 12.7 Å². The maximum Gasteiger partial charge on any atom is 0.309 e. The highest BCUT2D eigenvalue weighted by Gasteiger charge is 2.59. The van der Waals surface area contributed by atoms with E-state index in [1.54, 1.807) is 27.4 Å². The van der Waals surface area contributed by atoms with Crippen molar-refractivity contribution in [1.29, 1.82) is 0 Å². The molecule has 1 saturated carbocycles. The first-order valence-corrected chi connectivity index (χ1v) is 24.5. The average Bonchev–Trinajstić information content (AvgIpc) is 3.83. The number of aliphatic hydroxyl groups excluding tert-OH is 5. The molecular weight excluding hydrogens is 897 g/mol. The first kappa shape index (κ1) is 51.0. The Hall–Kier alpha value is -1.93. The predicted molar refractivity (Wildman–Crippen MR) is 232 cm³/mol. The molecule has 0 amide bonds. The molecule has 5 N–H and O–H groups in total. The van der Waals surface area contributed by atoms with Crippen molar-refractivity contribution in [1.82, 2.24) is 0 Å². The second-order valence-electron chi connectivity index (χ2n) is 20.7. The maximum atomic E-state index is 13.8. The summed E-state index contributed by atoms with van der Waals surface area (Å²) in [5.74, 6) is -1.48. The number of aliphatic hydroxyl groups is 5. The Morgan fingerprint density at radius 1 is 0.735 bits per heavy atom. The van der Waals surface area contributed by atoms with Crippen LogP contribution in [0.25, 0.3) is 0 Å². The number of esters is 1. The minimum absolute atomic E-state index is 0.0277. The van der Waals surface area contributed by atoms with Crippen LogP contribution in [0.3, 0.4) is 0 Å². The summed E-state index contributed by atoms with van der Waals surface area (Å²) in [7, 11) is 4.74. The Balaban J connectivity index is 0.779. The smallest absolute Gasteiger partial charge is 0.309 e. The van der Waals surface area contributed by atoms with Gasteiger partial charge in [-0.1, -0.05) is 18.6 Å². The number of methoxy groups -OCH3 is 3. The molecule has 0 radical (unpaired) electrons. The molecule has 7 aliphatic heterocycles. The topological polar surface area (TPSA) is 247 Å². The standard InChI is InChI=1S/C48H74O20/c1-21-42(66-36-15-31(56-7)43(22(2)61-36)67-37-16-32(57-8)44(23(3)62-37)68-46-41(53)40(52)39(51)33(18-49)65-46)30(55-6)14-35(60-21)63-29-13-25-10-11-26-27(47(25,4)17-28(29)50)12-9-24-19-58-48(5)38(24)34(20-59-48)64-45(26)54/h10,19,21-23,26-44,46,49-53H,9,11-18,20H2,1-8H3/t21-,22-,23-,26-,27-,28+,29+,30+,31+,32+,33+,34+,35+,36+,37-,38+,39+,40-,41+,42-,43-,44-,46-,47-,48-/m0/s1. The summed E-state index contributed by atoms with van der Waals surface area (Å²) in [5, 5.41) is 52.5. The van der Waals surface area contributed by atoms with Gasteiger partial charge in [-0.2, -0.15) is 0 Å². The zero-order valence-corrected chi connectivity index (χ0v) is 40.4. The van der Waals surface area contributed by atoms with Crippen molar-refractivity contribution in [3.63, 3.8) is 0 Å². The summed E-state index contributed by atoms with van der Waals surface area (Å²) in [6.45, 7) is 9.36. The van der Waals surface area contributed by atoms with Gasteiger partial charge in [0, 0.05) is 47.5 Å². The Kier molecular flexibility index (Phi) is 15.4. The first-order chi connectivity index (χ1) is 32.5. The molecule has 7 heterocycles. The minimum Gasteiger partial charge on any atom is -0.469 e. The van der Waals surface area contributed by atoms with Gasteiger partial charge in [-0.25, -0.2) is 0 Å². The third-order valence-corrected chi connectivity index (χ3v) is 16.6. The number of rotatable bonds is 12. The molecule has 7 fully saturated rings. The third kappa shape index (κ3) is 9.58. The summed E-state index contributed by atoms with van der Waals surface area (Å²) in [5.41, 5.74) is 1.87. The largest absolute Gasteiger partial charge is 0.469 e. The number of carbonyl (C=O) groups is 1. The predicted octanol–water partition coefficient (Wildman–Crippen LogP) is 1.48. The van der Waals surface area contributed by atoms with Crippen LogP contribution in [0.1, 0.15) is 86.0 Å². The van der Waals surface area contributed by atoms with E-state index in [0.29, 0.717) is 38.7 Å². The van der Waals surface area contributed by atoms with Gasteiger partial charge in [-0.15, -0.1) is 0 Å². The Labute approximate surface area is 397 Å². The number of carbonyl (C=O) groups excluding carboxylic acids is 1. The van der Waals surface area contributed by atoms with Crippen molar-refractivity contribution >= 4 is 5.97 Å². The van der Waals surface area contributed by atoms with Crippen LogP contribution in [0, 0.1) is 23.2 Å². The van der Waals surface area contributed by atoms with Crippen LogP contribution in [-0.2, 0) is 71.1 Å². The van der Waals surface area contributed by atoms with Gasteiger partial charge in [0.25, 0.3) is 0 Å². The lowest BCUT2D eigenvalue weighted by atomic mass is 9.55. The molecule has 20 nitrogen and oxygen atoms in total. The van der Waals surface area contributed by atoms with E-state index >= 15 is 0 Å². The molecule has 9 aliphatic rings. The van der Waals surface area contributed by atoms with Gasteiger partial charge in [0.05, 0.1) is 80.1 Å². The highest BCUT2D eigenvalue weighted by molar-refractivity contribution is 5.74. The Bertz CT molecular complexity index is 1820. The minimum atomic E-state index is -1.59. The van der Waals surface area contributed by atoms with Crippen molar-refractivity contribution < 1.29 is 96.6 Å². The van der Waals surface area contributed by atoms with Crippen LogP contribution in [0.4, 0.5) is 0 Å². The molecule has 68 heavy (non-hydrogen) atoms. The van der Waals surface area contributed by atoms with Crippen LogP contribution in [0.5, 0.6) is 0 Å². The lowest BCUT2D eigenvalue weighted by Gasteiger charge is -2.52. The summed E-state index contributed by atoms with van der Waals surface area (Å²) >= 11 is 0. The second kappa shape index (κ2) is 20.5. The Morgan fingerprint density at radius 2 is 1.31 bits per heavy atom. The number of fused-ring (bicyclic) bond motifs is 3. The zero-order chi connectivity index (χ0) is 48.4. The van der Waals surface area contributed by atoms with Gasteiger partial charge >= 0.3 is 5.97 Å². The molecule has 0 aromatic rings. The van der Waals surface area contributed by atoms with E-state index in [2.05, 4.69) is 13.0 Å². The van der Waals surface area contributed by atoms with E-state index < -0.39 is 135 Å². The van der Waals surface area contributed by atoms with Crippen LogP contribution < -0.4 is 0 Å². The van der Waals surface area contributed by atoms with Gasteiger partial charge in [0.1, 0.15) is 48.8 Å². The monoisotopic (exact) mass is 970 g/mol. The van der Waals surface area contributed by atoms with Crippen LogP contribution in [-0.4, -0.2) is 195 Å². The molecule has 9 rings (SSSR count). The molecule has 386 valence electrons. The summed E-state index contributed by atoms with van der Waals surface area (Å²) in [6, 6.07) is 0. The van der Waals surface area contributed by atoms with Crippen molar-refractivity contribution in [3.05, 3.63) is 23.5 Å². The van der Waals surface area contributed by atoms with Crippen molar-refractivity contribution in [3.8, 4) is 0 Å². The van der Waals surface area contributed by atoms with Gasteiger partial charge < -0.3 is 91.8 Å². The first-order valence-electron chi connectivity index (χ1n) is 24.5. The van der Waals surface area contributed by atoms with Gasteiger partial charge in [-0.3, -0.25) is 4.79 Å². The molecule has 0 aromatic carbocycles. The quantitative estimate of drug-likeness (QED) is 0.137. The van der Waals surface area contributed by atoms with Crippen LogP contribution in [0.2, 0.25) is 0 Å². The highest BCUT2D eigenvalue weighted by atomic mass is 16.8. The number of ether oxygens (including phenoxy) is 14. The van der Waals surface area contributed by atoms with E-state index in [9.17, 15) is 30.3 Å². The van der Waals surface area contributed by atoms with Gasteiger partial charge in [0.15, 0.2) is 25.2 Å². The Morgan fingerprint density at radius 3 is 1.88 bits per heavy atom. The van der Waals surface area contributed by atoms with Crippen LogP contribution in [0.15, 0.2) is 23.5 Å². The molecule has 0 spiro atoms. The molecule has 0 aromatic heterocycles. The highest BCUT2D eigenvalue weighted by Crippen LogP contribution is 2.57. The van der Waals surface area contributed by atoms with Crippen molar-refractivity contribution in [2.45, 2.75) is 215 Å². The molecule has 20 heteroatoms. The van der Waals surface area contributed by atoms with Gasteiger partial charge in [-0.05, 0) is 69.8 Å². The molecule has 0 unspecified atom stereocenters.